The summed E-state index contributed by atoms with van der Waals surface area (Å²) >= 11 is 0. The first kappa shape index (κ1) is 14.3. The molecule has 0 aromatic rings. The average Bonchev–Trinajstić information content (AvgIpc) is 3.13. The van der Waals surface area contributed by atoms with E-state index in [1.165, 1.54) is 0 Å². The van der Waals surface area contributed by atoms with E-state index in [-0.39, 0.29) is 0 Å². The van der Waals surface area contributed by atoms with Crippen molar-refractivity contribution in [3.8, 4) is 0 Å². The molecule has 1 saturated carbocycles. The third kappa shape index (κ3) is 3.68. The van der Waals surface area contributed by atoms with Gasteiger partial charge in [0.1, 0.15) is 0 Å². The fourth-order valence-electron chi connectivity index (χ4n) is 2.83. The van der Waals surface area contributed by atoms with Gasteiger partial charge in [0.25, 0.3) is 0 Å². The Morgan fingerprint density at radius 1 is 1.22 bits per heavy atom. The number of sulfonamides is 1. The number of hydrogen-bond donors (Lipinski definition) is 1. The molecule has 1 unspecified atom stereocenters. The molecule has 1 atom stereocenters. The van der Waals surface area contributed by atoms with Gasteiger partial charge in [0, 0.05) is 19.1 Å². The SMILES string of the molecule is CCNC(C)C1CCN(S(=O)(=O)CC2CC2)CC1. The van der Waals surface area contributed by atoms with Crippen LogP contribution in [-0.4, -0.2) is 44.2 Å². The second kappa shape index (κ2) is 5.88. The monoisotopic (exact) mass is 274 g/mol. The molecule has 0 aromatic heterocycles. The third-order valence-corrected chi connectivity index (χ3v) is 6.31. The highest BCUT2D eigenvalue weighted by atomic mass is 32.2. The molecule has 2 fully saturated rings. The van der Waals surface area contributed by atoms with Crippen LogP contribution in [0.4, 0.5) is 0 Å². The maximum Gasteiger partial charge on any atom is 0.214 e. The van der Waals surface area contributed by atoms with Crippen molar-refractivity contribution >= 4 is 10.0 Å². The number of rotatable bonds is 6. The molecule has 1 N–H and O–H groups in total. The molecule has 1 heterocycles. The number of hydrogen-bond acceptors (Lipinski definition) is 3. The molecule has 0 bridgehead atoms. The van der Waals surface area contributed by atoms with E-state index in [0.717, 1.165) is 45.3 Å². The van der Waals surface area contributed by atoms with Crippen LogP contribution in [0.2, 0.25) is 0 Å². The molecular weight excluding hydrogens is 248 g/mol. The maximum absolute atomic E-state index is 12.1. The Morgan fingerprint density at radius 2 is 1.83 bits per heavy atom. The Labute approximate surface area is 111 Å². The van der Waals surface area contributed by atoms with Gasteiger partial charge in [-0.15, -0.1) is 0 Å². The van der Waals surface area contributed by atoms with Crippen LogP contribution in [0.3, 0.4) is 0 Å². The summed E-state index contributed by atoms with van der Waals surface area (Å²) in [6.07, 6.45) is 4.20. The minimum atomic E-state index is -2.97. The van der Waals surface area contributed by atoms with Crippen LogP contribution < -0.4 is 5.32 Å². The average molecular weight is 274 g/mol. The van der Waals surface area contributed by atoms with Crippen molar-refractivity contribution in [2.45, 2.75) is 45.6 Å². The molecule has 18 heavy (non-hydrogen) atoms. The topological polar surface area (TPSA) is 49.4 Å². The number of piperidine rings is 1. The summed E-state index contributed by atoms with van der Waals surface area (Å²) < 4.78 is 26.0. The smallest absolute Gasteiger partial charge is 0.214 e. The first-order chi connectivity index (χ1) is 8.53. The van der Waals surface area contributed by atoms with Crippen LogP contribution in [0, 0.1) is 11.8 Å². The van der Waals surface area contributed by atoms with Crippen LogP contribution in [-0.2, 0) is 10.0 Å². The molecule has 106 valence electrons. The van der Waals surface area contributed by atoms with Crippen LogP contribution in [0.5, 0.6) is 0 Å². The number of nitrogens with zero attached hydrogens (tertiary/aromatic N) is 1. The molecule has 2 aliphatic rings. The van der Waals surface area contributed by atoms with Crippen LogP contribution >= 0.6 is 0 Å². The van der Waals surface area contributed by atoms with Gasteiger partial charge in [-0.2, -0.15) is 0 Å². The predicted molar refractivity (Wildman–Crippen MR) is 73.9 cm³/mol. The molecule has 0 aromatic carbocycles. The lowest BCUT2D eigenvalue weighted by Gasteiger charge is -2.34. The highest BCUT2D eigenvalue weighted by Gasteiger charge is 2.34. The largest absolute Gasteiger partial charge is 0.314 e. The van der Waals surface area contributed by atoms with Gasteiger partial charge >= 0.3 is 0 Å². The molecular formula is C13H26N2O2S. The lowest BCUT2D eigenvalue weighted by atomic mass is 9.91. The predicted octanol–water partition coefficient (Wildman–Crippen LogP) is 1.44. The van der Waals surface area contributed by atoms with E-state index in [0.29, 0.717) is 23.6 Å². The van der Waals surface area contributed by atoms with Gasteiger partial charge in [-0.05, 0) is 51.0 Å². The van der Waals surface area contributed by atoms with Crippen molar-refractivity contribution in [1.29, 1.82) is 0 Å². The molecule has 0 spiro atoms. The van der Waals surface area contributed by atoms with E-state index < -0.39 is 10.0 Å². The summed E-state index contributed by atoms with van der Waals surface area (Å²) in [5, 5.41) is 3.44. The fraction of sp³-hybridized carbons (Fsp3) is 1.00. The van der Waals surface area contributed by atoms with Gasteiger partial charge < -0.3 is 5.32 Å². The summed E-state index contributed by atoms with van der Waals surface area (Å²) in [4.78, 5) is 0. The third-order valence-electron chi connectivity index (χ3n) is 4.27. The van der Waals surface area contributed by atoms with Crippen molar-refractivity contribution < 1.29 is 8.42 Å². The summed E-state index contributed by atoms with van der Waals surface area (Å²) in [6.45, 7) is 6.75. The van der Waals surface area contributed by atoms with Gasteiger partial charge in [0.15, 0.2) is 0 Å². The Morgan fingerprint density at radius 3 is 2.33 bits per heavy atom. The first-order valence-electron chi connectivity index (χ1n) is 7.24. The molecule has 1 saturated heterocycles. The molecule has 1 aliphatic carbocycles. The van der Waals surface area contributed by atoms with Crippen molar-refractivity contribution in [2.24, 2.45) is 11.8 Å². The van der Waals surface area contributed by atoms with Gasteiger partial charge in [-0.3, -0.25) is 0 Å². The molecule has 1 aliphatic heterocycles. The highest BCUT2D eigenvalue weighted by Crippen LogP contribution is 2.32. The first-order valence-corrected chi connectivity index (χ1v) is 8.85. The Bertz CT molecular complexity index is 357. The van der Waals surface area contributed by atoms with Gasteiger partial charge in [-0.25, -0.2) is 12.7 Å². The molecule has 5 heteroatoms. The van der Waals surface area contributed by atoms with E-state index in [4.69, 9.17) is 0 Å². The summed E-state index contributed by atoms with van der Waals surface area (Å²) in [7, 11) is -2.97. The van der Waals surface area contributed by atoms with E-state index in [2.05, 4.69) is 19.2 Å². The zero-order valence-electron chi connectivity index (χ0n) is 11.6. The minimum Gasteiger partial charge on any atom is -0.314 e. The van der Waals surface area contributed by atoms with Crippen molar-refractivity contribution in [3.63, 3.8) is 0 Å². The van der Waals surface area contributed by atoms with Gasteiger partial charge in [0.2, 0.25) is 10.0 Å². The van der Waals surface area contributed by atoms with Crippen LogP contribution in [0.15, 0.2) is 0 Å². The van der Waals surface area contributed by atoms with Gasteiger partial charge in [-0.1, -0.05) is 6.92 Å². The summed E-state index contributed by atoms with van der Waals surface area (Å²) in [5.74, 6) is 1.46. The lowest BCUT2D eigenvalue weighted by Crippen LogP contribution is -2.44. The summed E-state index contributed by atoms with van der Waals surface area (Å²) in [5.41, 5.74) is 0. The maximum atomic E-state index is 12.1. The molecule has 4 nitrogen and oxygen atoms in total. The Kier molecular flexibility index (Phi) is 4.67. The van der Waals surface area contributed by atoms with Crippen LogP contribution in [0.25, 0.3) is 0 Å². The minimum absolute atomic E-state index is 0.389. The number of nitrogens with one attached hydrogen (secondary N) is 1. The van der Waals surface area contributed by atoms with Crippen molar-refractivity contribution in [1.82, 2.24) is 9.62 Å². The van der Waals surface area contributed by atoms with E-state index >= 15 is 0 Å². The van der Waals surface area contributed by atoms with E-state index in [1.54, 1.807) is 4.31 Å². The highest BCUT2D eigenvalue weighted by molar-refractivity contribution is 7.89. The second-order valence-electron chi connectivity index (χ2n) is 5.80. The van der Waals surface area contributed by atoms with Crippen molar-refractivity contribution in [2.75, 3.05) is 25.4 Å². The van der Waals surface area contributed by atoms with E-state index in [1.807, 2.05) is 0 Å². The van der Waals surface area contributed by atoms with Crippen LogP contribution in [0.1, 0.15) is 39.5 Å². The second-order valence-corrected chi connectivity index (χ2v) is 7.82. The quantitative estimate of drug-likeness (QED) is 0.797. The fourth-order valence-corrected chi connectivity index (χ4v) is 4.74. The summed E-state index contributed by atoms with van der Waals surface area (Å²) in [6, 6.07) is 0.503. The molecule has 0 radical (unpaired) electrons. The Balaban J connectivity index is 1.82. The zero-order valence-corrected chi connectivity index (χ0v) is 12.4. The lowest BCUT2D eigenvalue weighted by molar-refractivity contribution is 0.232. The zero-order chi connectivity index (χ0) is 13.2. The van der Waals surface area contributed by atoms with Crippen molar-refractivity contribution in [3.05, 3.63) is 0 Å². The standard InChI is InChI=1S/C13H26N2O2S/c1-3-14-11(2)13-6-8-15(9-7-13)18(16,17)10-12-4-5-12/h11-14H,3-10H2,1-2H3. The van der Waals surface area contributed by atoms with Gasteiger partial charge in [0.05, 0.1) is 5.75 Å². The van der Waals surface area contributed by atoms with E-state index in [9.17, 15) is 8.42 Å². The molecule has 0 amide bonds. The Hall–Kier alpha value is -0.130. The molecule has 2 rings (SSSR count). The normalized spacial score (nSPS) is 25.2.